The largest absolute Gasteiger partial charge is 0.465 e. The Labute approximate surface area is 133 Å². The van der Waals surface area contributed by atoms with Crippen LogP contribution < -0.4 is 10.1 Å². The first kappa shape index (κ1) is 13.2. The molecule has 0 radical (unpaired) electrons. The molecule has 0 amide bonds. The molecule has 0 spiro atoms. The first-order valence-electron chi connectivity index (χ1n) is 6.41. The van der Waals surface area contributed by atoms with Gasteiger partial charge in [0, 0.05) is 16.7 Å². The lowest BCUT2D eigenvalue weighted by Gasteiger charge is -1.94. The maximum atomic E-state index is 12.3. The lowest BCUT2D eigenvalue weighted by Crippen LogP contribution is -2.23. The number of hydrogen-bond acceptors (Lipinski definition) is 5. The molecule has 3 heterocycles. The highest BCUT2D eigenvalue weighted by molar-refractivity contribution is 7.15. The first-order chi connectivity index (χ1) is 10.7. The van der Waals surface area contributed by atoms with Gasteiger partial charge < -0.3 is 4.42 Å². The van der Waals surface area contributed by atoms with Crippen molar-refractivity contribution in [3.05, 3.63) is 68.3 Å². The molecule has 4 aromatic rings. The number of aromatic nitrogens is 3. The summed E-state index contributed by atoms with van der Waals surface area (Å²) in [5.41, 5.74) is 0.566. The third kappa shape index (κ3) is 2.22. The molecular weight excluding hydrogens is 322 g/mol. The SMILES string of the molecule is O=c1/c(=C\c2ccco2)sc2nc(-c3cccc(Cl)c3)nn12. The van der Waals surface area contributed by atoms with Crippen LogP contribution in [0.1, 0.15) is 5.76 Å². The van der Waals surface area contributed by atoms with Crippen molar-refractivity contribution in [3.8, 4) is 11.4 Å². The van der Waals surface area contributed by atoms with Gasteiger partial charge in [-0.25, -0.2) is 0 Å². The Morgan fingerprint density at radius 1 is 1.27 bits per heavy atom. The fraction of sp³-hybridized carbons (Fsp3) is 0. The molecule has 4 rings (SSSR count). The summed E-state index contributed by atoms with van der Waals surface area (Å²) in [5, 5.41) is 4.87. The predicted molar refractivity (Wildman–Crippen MR) is 85.1 cm³/mol. The molecular formula is C15H8ClN3O2S. The second-order valence-electron chi connectivity index (χ2n) is 4.57. The summed E-state index contributed by atoms with van der Waals surface area (Å²) in [6, 6.07) is 10.8. The molecule has 0 aliphatic heterocycles. The van der Waals surface area contributed by atoms with Crippen LogP contribution in [0.2, 0.25) is 5.02 Å². The van der Waals surface area contributed by atoms with Gasteiger partial charge in [-0.15, -0.1) is 5.10 Å². The monoisotopic (exact) mass is 329 g/mol. The Morgan fingerprint density at radius 2 is 2.18 bits per heavy atom. The summed E-state index contributed by atoms with van der Waals surface area (Å²) >= 11 is 7.24. The number of nitrogens with zero attached hydrogens (tertiary/aromatic N) is 3. The maximum absolute atomic E-state index is 12.3. The maximum Gasteiger partial charge on any atom is 0.291 e. The van der Waals surface area contributed by atoms with Gasteiger partial charge in [-0.3, -0.25) is 4.79 Å². The minimum Gasteiger partial charge on any atom is -0.465 e. The van der Waals surface area contributed by atoms with Crippen LogP contribution in [0.4, 0.5) is 0 Å². The lowest BCUT2D eigenvalue weighted by molar-refractivity contribution is 0.556. The van der Waals surface area contributed by atoms with E-state index >= 15 is 0 Å². The highest BCUT2D eigenvalue weighted by atomic mass is 35.5. The number of thiazole rings is 1. The van der Waals surface area contributed by atoms with Crippen molar-refractivity contribution in [3.63, 3.8) is 0 Å². The Balaban J connectivity index is 1.86. The van der Waals surface area contributed by atoms with Gasteiger partial charge in [0.05, 0.1) is 6.26 Å². The smallest absolute Gasteiger partial charge is 0.291 e. The van der Waals surface area contributed by atoms with Crippen molar-refractivity contribution < 1.29 is 4.42 Å². The molecule has 3 aromatic heterocycles. The van der Waals surface area contributed by atoms with Crippen LogP contribution in [-0.4, -0.2) is 14.6 Å². The summed E-state index contributed by atoms with van der Waals surface area (Å²) < 4.78 is 7.05. The minimum absolute atomic E-state index is 0.211. The van der Waals surface area contributed by atoms with E-state index in [1.807, 2.05) is 12.1 Å². The summed E-state index contributed by atoms with van der Waals surface area (Å²) in [6.07, 6.45) is 3.24. The molecule has 0 fully saturated rings. The topological polar surface area (TPSA) is 60.4 Å². The van der Waals surface area contributed by atoms with E-state index in [0.29, 0.717) is 26.1 Å². The van der Waals surface area contributed by atoms with Gasteiger partial charge in [0.25, 0.3) is 5.56 Å². The quantitative estimate of drug-likeness (QED) is 0.567. The molecule has 0 saturated carbocycles. The van der Waals surface area contributed by atoms with E-state index < -0.39 is 0 Å². The zero-order valence-corrected chi connectivity index (χ0v) is 12.6. The summed E-state index contributed by atoms with van der Waals surface area (Å²) in [5.74, 6) is 1.10. The molecule has 108 valence electrons. The normalized spacial score (nSPS) is 12.3. The Kier molecular flexibility index (Phi) is 3.06. The van der Waals surface area contributed by atoms with Crippen molar-refractivity contribution in [1.29, 1.82) is 0 Å². The molecule has 0 atom stereocenters. The average molecular weight is 330 g/mol. The molecule has 0 bridgehead atoms. The van der Waals surface area contributed by atoms with Crippen molar-refractivity contribution in [2.75, 3.05) is 0 Å². The third-order valence-corrected chi connectivity index (χ3v) is 4.28. The van der Waals surface area contributed by atoms with E-state index in [0.717, 1.165) is 5.56 Å². The van der Waals surface area contributed by atoms with Crippen molar-refractivity contribution in [1.82, 2.24) is 14.6 Å². The second kappa shape index (κ2) is 5.08. The highest BCUT2D eigenvalue weighted by Gasteiger charge is 2.12. The summed E-state index contributed by atoms with van der Waals surface area (Å²) in [4.78, 5) is 17.3. The molecule has 1 aromatic carbocycles. The van der Waals surface area contributed by atoms with Crippen LogP contribution in [0, 0.1) is 0 Å². The van der Waals surface area contributed by atoms with E-state index in [-0.39, 0.29) is 5.56 Å². The van der Waals surface area contributed by atoms with Gasteiger partial charge in [0.15, 0.2) is 5.82 Å². The Morgan fingerprint density at radius 3 is 2.91 bits per heavy atom. The molecule has 0 aliphatic rings. The van der Waals surface area contributed by atoms with Gasteiger partial charge in [0.2, 0.25) is 4.96 Å². The molecule has 22 heavy (non-hydrogen) atoms. The summed E-state index contributed by atoms with van der Waals surface area (Å²) in [7, 11) is 0. The lowest BCUT2D eigenvalue weighted by atomic mass is 10.2. The highest BCUT2D eigenvalue weighted by Crippen LogP contribution is 2.20. The van der Waals surface area contributed by atoms with Gasteiger partial charge >= 0.3 is 0 Å². The molecule has 5 nitrogen and oxygen atoms in total. The van der Waals surface area contributed by atoms with Crippen LogP contribution in [0.25, 0.3) is 22.4 Å². The number of benzene rings is 1. The van der Waals surface area contributed by atoms with Gasteiger partial charge in [-0.2, -0.15) is 9.50 Å². The number of halogens is 1. The summed E-state index contributed by atoms with van der Waals surface area (Å²) in [6.45, 7) is 0. The van der Waals surface area contributed by atoms with Crippen LogP contribution in [0.5, 0.6) is 0 Å². The van der Waals surface area contributed by atoms with Gasteiger partial charge in [-0.05, 0) is 24.3 Å². The fourth-order valence-electron chi connectivity index (χ4n) is 2.09. The molecule has 0 aliphatic carbocycles. The van der Waals surface area contributed by atoms with Gasteiger partial charge in [-0.1, -0.05) is 35.1 Å². The Hall–Kier alpha value is -2.44. The van der Waals surface area contributed by atoms with Crippen LogP contribution in [0.3, 0.4) is 0 Å². The molecule has 0 unspecified atom stereocenters. The number of fused-ring (bicyclic) bond motifs is 1. The van der Waals surface area contributed by atoms with Crippen molar-refractivity contribution in [2.24, 2.45) is 0 Å². The average Bonchev–Trinajstić information content (AvgIpc) is 3.20. The number of hydrogen-bond donors (Lipinski definition) is 0. The fourth-order valence-corrected chi connectivity index (χ4v) is 3.16. The Bertz CT molecular complexity index is 1070. The van der Waals surface area contributed by atoms with E-state index in [9.17, 15) is 4.79 Å². The van der Waals surface area contributed by atoms with Crippen LogP contribution >= 0.6 is 22.9 Å². The predicted octanol–water partition coefficient (Wildman–Crippen LogP) is 2.61. The standard InChI is InChI=1S/C15H8ClN3O2S/c16-10-4-1-3-9(7-10)13-17-15-19(18-13)14(20)12(22-15)8-11-5-2-6-21-11/h1-8H/b12-8+. The van der Waals surface area contributed by atoms with E-state index in [1.165, 1.54) is 15.9 Å². The minimum atomic E-state index is -0.211. The second-order valence-corrected chi connectivity index (χ2v) is 6.02. The van der Waals surface area contributed by atoms with Crippen LogP contribution in [0.15, 0.2) is 51.9 Å². The first-order valence-corrected chi connectivity index (χ1v) is 7.61. The van der Waals surface area contributed by atoms with E-state index in [2.05, 4.69) is 10.1 Å². The molecule has 0 N–H and O–H groups in total. The molecule has 7 heteroatoms. The zero-order chi connectivity index (χ0) is 15.1. The van der Waals surface area contributed by atoms with Crippen LogP contribution in [-0.2, 0) is 0 Å². The molecule has 0 saturated heterocycles. The number of rotatable bonds is 2. The number of furan rings is 1. The van der Waals surface area contributed by atoms with E-state index in [1.54, 1.807) is 36.6 Å². The van der Waals surface area contributed by atoms with Crippen molar-refractivity contribution >= 4 is 34.0 Å². The van der Waals surface area contributed by atoms with Crippen molar-refractivity contribution in [2.45, 2.75) is 0 Å². The zero-order valence-electron chi connectivity index (χ0n) is 11.1. The van der Waals surface area contributed by atoms with E-state index in [4.69, 9.17) is 16.0 Å². The van der Waals surface area contributed by atoms with Gasteiger partial charge in [0.1, 0.15) is 10.3 Å². The third-order valence-electron chi connectivity index (χ3n) is 3.08.